The molecule has 1 aromatic heterocycles. The van der Waals surface area contributed by atoms with Crippen LogP contribution in [0.15, 0.2) is 16.9 Å². The topological polar surface area (TPSA) is 43.6 Å². The summed E-state index contributed by atoms with van der Waals surface area (Å²) in [5, 5.41) is 11.3. The van der Waals surface area contributed by atoms with E-state index >= 15 is 0 Å². The molecule has 0 N–H and O–H groups in total. The van der Waals surface area contributed by atoms with E-state index in [9.17, 15) is 0 Å². The van der Waals surface area contributed by atoms with Crippen molar-refractivity contribution in [3.05, 3.63) is 39.1 Å². The molecule has 0 saturated heterocycles. The molecule has 0 aliphatic heterocycles. The molecule has 4 nitrogen and oxygen atoms in total. The Morgan fingerprint density at radius 3 is 2.31 bits per heavy atom. The summed E-state index contributed by atoms with van der Waals surface area (Å²) in [6, 6.07) is 4.36. The maximum atomic E-state index is 3.92. The van der Waals surface area contributed by atoms with E-state index in [2.05, 4.69) is 64.4 Å². The molecule has 0 aliphatic rings. The molecule has 16 heavy (non-hydrogen) atoms. The van der Waals surface area contributed by atoms with Gasteiger partial charge in [0.1, 0.15) is 0 Å². The highest BCUT2D eigenvalue weighted by atomic mass is 79.9. The summed E-state index contributed by atoms with van der Waals surface area (Å²) in [5.41, 5.74) is 5.12. The van der Waals surface area contributed by atoms with Gasteiger partial charge in [0.15, 0.2) is 0 Å². The van der Waals surface area contributed by atoms with Gasteiger partial charge in [0, 0.05) is 0 Å². The third kappa shape index (κ3) is 2.14. The summed E-state index contributed by atoms with van der Waals surface area (Å²) in [5.74, 6) is 0. The average Bonchev–Trinajstić information content (AvgIpc) is 2.57. The summed E-state index contributed by atoms with van der Waals surface area (Å²) in [6.45, 7) is 7.05. The van der Waals surface area contributed by atoms with Crippen LogP contribution >= 0.6 is 15.9 Å². The predicted octanol–water partition coefficient (Wildman–Crippen LogP) is 2.41. The van der Waals surface area contributed by atoms with E-state index in [-0.39, 0.29) is 0 Å². The number of aryl methyl sites for hydroxylation is 3. The summed E-state index contributed by atoms with van der Waals surface area (Å²) < 4.78 is 2.40. The summed E-state index contributed by atoms with van der Waals surface area (Å²) in [4.78, 5) is 0. The first kappa shape index (κ1) is 11.3. The molecule has 0 amide bonds. The third-order valence-corrected chi connectivity index (χ3v) is 3.20. The van der Waals surface area contributed by atoms with Crippen molar-refractivity contribution in [1.82, 2.24) is 20.2 Å². The second kappa shape index (κ2) is 4.33. The van der Waals surface area contributed by atoms with E-state index in [1.807, 2.05) is 0 Å². The lowest BCUT2D eigenvalue weighted by Crippen LogP contribution is -2.06. The van der Waals surface area contributed by atoms with Crippen LogP contribution in [0.1, 0.15) is 22.3 Å². The quantitative estimate of drug-likeness (QED) is 0.849. The van der Waals surface area contributed by atoms with Crippen molar-refractivity contribution in [2.45, 2.75) is 27.3 Å². The molecule has 0 aliphatic carbocycles. The number of nitrogens with zero attached hydrogens (tertiary/aromatic N) is 4. The number of hydrogen-bond acceptors (Lipinski definition) is 3. The Morgan fingerprint density at radius 2 is 1.81 bits per heavy atom. The number of benzene rings is 1. The van der Waals surface area contributed by atoms with Crippen LogP contribution in [0.4, 0.5) is 0 Å². The normalized spacial score (nSPS) is 10.8. The Kier molecular flexibility index (Phi) is 3.05. The van der Waals surface area contributed by atoms with Crippen molar-refractivity contribution in [2.24, 2.45) is 0 Å². The van der Waals surface area contributed by atoms with E-state index < -0.39 is 0 Å². The maximum Gasteiger partial charge on any atom is 0.218 e. The van der Waals surface area contributed by atoms with Gasteiger partial charge in [0.25, 0.3) is 0 Å². The molecule has 5 heteroatoms. The second-order valence-corrected chi connectivity index (χ2v) is 4.69. The molecule has 0 saturated carbocycles. The fourth-order valence-electron chi connectivity index (χ4n) is 1.90. The van der Waals surface area contributed by atoms with Crippen molar-refractivity contribution in [1.29, 1.82) is 0 Å². The number of aromatic nitrogens is 4. The van der Waals surface area contributed by atoms with Gasteiger partial charge >= 0.3 is 0 Å². The average molecular weight is 281 g/mol. The van der Waals surface area contributed by atoms with Gasteiger partial charge in [-0.25, -0.2) is 4.68 Å². The van der Waals surface area contributed by atoms with Gasteiger partial charge in [-0.15, -0.1) is 5.10 Å². The van der Waals surface area contributed by atoms with Gasteiger partial charge in [0.2, 0.25) is 4.73 Å². The molecule has 0 radical (unpaired) electrons. The van der Waals surface area contributed by atoms with Crippen molar-refractivity contribution in [3.63, 3.8) is 0 Å². The minimum Gasteiger partial charge on any atom is -0.216 e. The zero-order chi connectivity index (χ0) is 11.7. The molecule has 0 spiro atoms. The fourth-order valence-corrected chi connectivity index (χ4v) is 2.17. The standard InChI is InChI=1S/C11H13BrN4/c1-7-4-8(2)10(9(3)5-7)6-16-11(12)13-14-15-16/h4-5H,6H2,1-3H3. The Bertz CT molecular complexity index is 495. The Morgan fingerprint density at radius 1 is 1.19 bits per heavy atom. The van der Waals surface area contributed by atoms with Gasteiger partial charge in [-0.3, -0.25) is 0 Å². The fraction of sp³-hybridized carbons (Fsp3) is 0.364. The van der Waals surface area contributed by atoms with Crippen molar-refractivity contribution < 1.29 is 0 Å². The molecular formula is C11H13BrN4. The minimum atomic E-state index is 0.659. The lowest BCUT2D eigenvalue weighted by Gasteiger charge is -2.10. The molecular weight excluding hydrogens is 268 g/mol. The van der Waals surface area contributed by atoms with E-state index in [1.54, 1.807) is 4.68 Å². The lowest BCUT2D eigenvalue weighted by molar-refractivity contribution is 0.633. The third-order valence-electron chi connectivity index (χ3n) is 2.64. The first-order valence-corrected chi connectivity index (χ1v) is 5.85. The monoisotopic (exact) mass is 280 g/mol. The highest BCUT2D eigenvalue weighted by Crippen LogP contribution is 2.18. The highest BCUT2D eigenvalue weighted by Gasteiger charge is 2.08. The smallest absolute Gasteiger partial charge is 0.216 e. The van der Waals surface area contributed by atoms with Crippen LogP contribution in [-0.2, 0) is 6.54 Å². The first-order chi connectivity index (χ1) is 7.58. The Balaban J connectivity index is 2.39. The highest BCUT2D eigenvalue weighted by molar-refractivity contribution is 9.10. The summed E-state index contributed by atoms with van der Waals surface area (Å²) in [7, 11) is 0. The SMILES string of the molecule is Cc1cc(C)c(Cn2nnnc2Br)c(C)c1. The van der Waals surface area contributed by atoms with Crippen LogP contribution in [0.25, 0.3) is 0 Å². The van der Waals surface area contributed by atoms with Crippen LogP contribution in [0.2, 0.25) is 0 Å². The van der Waals surface area contributed by atoms with Gasteiger partial charge in [-0.2, -0.15) is 0 Å². The van der Waals surface area contributed by atoms with Crippen LogP contribution in [0.3, 0.4) is 0 Å². The van der Waals surface area contributed by atoms with Gasteiger partial charge in [-0.05, 0) is 63.8 Å². The number of hydrogen-bond donors (Lipinski definition) is 0. The molecule has 84 valence electrons. The Labute approximate surface area is 103 Å². The molecule has 0 fully saturated rings. The molecule has 1 heterocycles. The predicted molar refractivity (Wildman–Crippen MR) is 65.3 cm³/mol. The minimum absolute atomic E-state index is 0.659. The zero-order valence-electron chi connectivity index (χ0n) is 9.53. The van der Waals surface area contributed by atoms with Gasteiger partial charge in [-0.1, -0.05) is 17.7 Å². The van der Waals surface area contributed by atoms with Gasteiger partial charge < -0.3 is 0 Å². The second-order valence-electron chi connectivity index (χ2n) is 3.98. The van der Waals surface area contributed by atoms with Gasteiger partial charge in [0.05, 0.1) is 6.54 Å². The van der Waals surface area contributed by atoms with Crippen molar-refractivity contribution >= 4 is 15.9 Å². The molecule has 2 aromatic rings. The molecule has 0 unspecified atom stereocenters. The summed E-state index contributed by atoms with van der Waals surface area (Å²) in [6.07, 6.45) is 0. The molecule has 0 bridgehead atoms. The lowest BCUT2D eigenvalue weighted by atomic mass is 10.00. The van der Waals surface area contributed by atoms with Crippen molar-refractivity contribution in [3.8, 4) is 0 Å². The van der Waals surface area contributed by atoms with E-state index in [1.165, 1.54) is 22.3 Å². The molecule has 1 aromatic carbocycles. The van der Waals surface area contributed by atoms with Crippen LogP contribution in [-0.4, -0.2) is 20.2 Å². The zero-order valence-corrected chi connectivity index (χ0v) is 11.1. The van der Waals surface area contributed by atoms with E-state index in [0.717, 1.165) is 0 Å². The van der Waals surface area contributed by atoms with Crippen LogP contribution in [0.5, 0.6) is 0 Å². The van der Waals surface area contributed by atoms with Crippen molar-refractivity contribution in [2.75, 3.05) is 0 Å². The first-order valence-electron chi connectivity index (χ1n) is 5.06. The number of tetrazole rings is 1. The Hall–Kier alpha value is -1.23. The van der Waals surface area contributed by atoms with E-state index in [4.69, 9.17) is 0 Å². The molecule has 0 atom stereocenters. The van der Waals surface area contributed by atoms with E-state index in [0.29, 0.717) is 11.3 Å². The number of rotatable bonds is 2. The maximum absolute atomic E-state index is 3.92. The van der Waals surface area contributed by atoms with Crippen LogP contribution in [0, 0.1) is 20.8 Å². The molecule has 2 rings (SSSR count). The summed E-state index contributed by atoms with van der Waals surface area (Å²) >= 11 is 3.31. The largest absolute Gasteiger partial charge is 0.218 e. The van der Waals surface area contributed by atoms with Crippen LogP contribution < -0.4 is 0 Å². The number of halogens is 1.